The van der Waals surface area contributed by atoms with Gasteiger partial charge in [0.25, 0.3) is 0 Å². The van der Waals surface area contributed by atoms with Crippen LogP contribution in [0.3, 0.4) is 0 Å². The molecular formula is C15H19N5O. The number of nitrogens with one attached hydrogen (secondary N) is 1. The number of benzene rings is 1. The predicted octanol–water partition coefficient (Wildman–Crippen LogP) is 3.51. The lowest BCUT2D eigenvalue weighted by Crippen LogP contribution is -2.39. The Bertz CT molecular complexity index is 536. The summed E-state index contributed by atoms with van der Waals surface area (Å²) in [7, 11) is 0. The van der Waals surface area contributed by atoms with Crippen molar-refractivity contribution in [2.24, 2.45) is 20.7 Å². The molecule has 0 atom stereocenters. The summed E-state index contributed by atoms with van der Waals surface area (Å²) in [4.78, 5) is 12.3. The van der Waals surface area contributed by atoms with E-state index in [4.69, 9.17) is 0 Å². The minimum absolute atomic E-state index is 0.0365. The fourth-order valence-corrected chi connectivity index (χ4v) is 2.95. The third-order valence-corrected chi connectivity index (χ3v) is 4.07. The second-order valence-corrected chi connectivity index (χ2v) is 5.64. The van der Waals surface area contributed by atoms with Gasteiger partial charge in [0.05, 0.1) is 6.42 Å². The predicted molar refractivity (Wildman–Crippen MR) is 77.5 cm³/mol. The molecule has 1 saturated carbocycles. The van der Waals surface area contributed by atoms with Crippen molar-refractivity contribution in [3.63, 3.8) is 0 Å². The fourth-order valence-electron chi connectivity index (χ4n) is 2.95. The minimum Gasteiger partial charge on any atom is -0.353 e. The van der Waals surface area contributed by atoms with Gasteiger partial charge in [0, 0.05) is 11.6 Å². The highest BCUT2D eigenvalue weighted by molar-refractivity contribution is 5.77. The van der Waals surface area contributed by atoms with E-state index in [2.05, 4.69) is 26.0 Å². The zero-order valence-electron chi connectivity index (χ0n) is 11.9. The topological polar surface area (TPSA) is 78.5 Å². The van der Waals surface area contributed by atoms with E-state index in [0.29, 0.717) is 0 Å². The van der Waals surface area contributed by atoms with Crippen molar-refractivity contribution in [1.29, 1.82) is 0 Å². The van der Waals surface area contributed by atoms with Crippen molar-refractivity contribution < 1.29 is 4.79 Å². The molecule has 1 heterocycles. The van der Waals surface area contributed by atoms with Crippen LogP contribution in [0.1, 0.15) is 44.1 Å². The van der Waals surface area contributed by atoms with Crippen LogP contribution in [0.15, 0.2) is 51.0 Å². The van der Waals surface area contributed by atoms with Crippen LogP contribution in [0.4, 0.5) is 0 Å². The summed E-state index contributed by atoms with van der Waals surface area (Å²) in [6.07, 6.45) is 5.92. The quantitative estimate of drug-likeness (QED) is 0.902. The standard InChI is InChI=1S/C15H19N5O/c21-14(16-13-9-5-2-6-10-13)11-15(17-19-20-18-15)12-7-3-1-4-8-12/h1,3-4,7-8,13H,2,5-6,9-11H2,(H,16,21). The Morgan fingerprint density at radius 1 is 1.10 bits per heavy atom. The first kappa shape index (κ1) is 13.9. The maximum absolute atomic E-state index is 12.3. The van der Waals surface area contributed by atoms with E-state index >= 15 is 0 Å². The summed E-state index contributed by atoms with van der Waals surface area (Å²) in [6, 6.07) is 9.81. The van der Waals surface area contributed by atoms with Gasteiger partial charge >= 0.3 is 0 Å². The highest BCUT2D eigenvalue weighted by atomic mass is 16.1. The van der Waals surface area contributed by atoms with Gasteiger partial charge in [-0.3, -0.25) is 4.79 Å². The van der Waals surface area contributed by atoms with Crippen molar-refractivity contribution in [2.75, 3.05) is 0 Å². The van der Waals surface area contributed by atoms with Gasteiger partial charge in [-0.05, 0) is 23.3 Å². The third kappa shape index (κ3) is 3.15. The number of carbonyl (C=O) groups excluding carboxylic acids is 1. The Labute approximate surface area is 123 Å². The second kappa shape index (κ2) is 6.11. The highest BCUT2D eigenvalue weighted by Crippen LogP contribution is 2.35. The fraction of sp³-hybridized carbons (Fsp3) is 0.533. The van der Waals surface area contributed by atoms with Crippen LogP contribution in [0.2, 0.25) is 0 Å². The van der Waals surface area contributed by atoms with Crippen LogP contribution < -0.4 is 5.32 Å². The van der Waals surface area contributed by atoms with Gasteiger partial charge in [0.15, 0.2) is 0 Å². The number of nitrogens with zero attached hydrogens (tertiary/aromatic N) is 4. The van der Waals surface area contributed by atoms with E-state index < -0.39 is 5.66 Å². The van der Waals surface area contributed by atoms with Gasteiger partial charge in [-0.15, -0.1) is 10.2 Å². The van der Waals surface area contributed by atoms with Crippen LogP contribution in [-0.4, -0.2) is 11.9 Å². The maximum atomic E-state index is 12.3. The summed E-state index contributed by atoms with van der Waals surface area (Å²) >= 11 is 0. The smallest absolute Gasteiger partial charge is 0.228 e. The number of hydrogen-bond donors (Lipinski definition) is 1. The Kier molecular flexibility index (Phi) is 4.03. The first-order chi connectivity index (χ1) is 10.3. The normalized spacial score (nSPS) is 20.6. The first-order valence-electron chi connectivity index (χ1n) is 7.47. The number of rotatable bonds is 4. The Morgan fingerprint density at radius 2 is 1.76 bits per heavy atom. The molecule has 21 heavy (non-hydrogen) atoms. The summed E-state index contributed by atoms with van der Waals surface area (Å²) in [6.45, 7) is 0. The van der Waals surface area contributed by atoms with Crippen LogP contribution in [0, 0.1) is 0 Å². The van der Waals surface area contributed by atoms with Gasteiger partial charge in [-0.1, -0.05) is 49.6 Å². The van der Waals surface area contributed by atoms with E-state index in [-0.39, 0.29) is 18.4 Å². The molecule has 3 rings (SSSR count). The molecule has 0 spiro atoms. The van der Waals surface area contributed by atoms with Gasteiger partial charge in [0.2, 0.25) is 11.6 Å². The van der Waals surface area contributed by atoms with E-state index in [1.54, 1.807) is 0 Å². The molecule has 110 valence electrons. The molecule has 0 aromatic heterocycles. The van der Waals surface area contributed by atoms with E-state index in [9.17, 15) is 4.79 Å². The van der Waals surface area contributed by atoms with Crippen LogP contribution in [-0.2, 0) is 10.5 Å². The monoisotopic (exact) mass is 285 g/mol. The SMILES string of the molecule is O=C(CC1(c2ccccc2)N=NN=N1)NC1CCCCC1. The van der Waals surface area contributed by atoms with Gasteiger partial charge in [-0.2, -0.15) is 0 Å². The number of carbonyl (C=O) groups is 1. The second-order valence-electron chi connectivity index (χ2n) is 5.64. The maximum Gasteiger partial charge on any atom is 0.228 e. The molecule has 0 radical (unpaired) electrons. The molecule has 2 aliphatic rings. The van der Waals surface area contributed by atoms with E-state index in [0.717, 1.165) is 18.4 Å². The molecule has 1 aliphatic heterocycles. The van der Waals surface area contributed by atoms with Crippen LogP contribution in [0.5, 0.6) is 0 Å². The number of hydrogen-bond acceptors (Lipinski definition) is 5. The average molecular weight is 285 g/mol. The van der Waals surface area contributed by atoms with Crippen LogP contribution in [0.25, 0.3) is 0 Å². The molecule has 0 saturated heterocycles. The Hall–Kier alpha value is -2.11. The molecule has 6 heteroatoms. The molecule has 1 aliphatic carbocycles. The van der Waals surface area contributed by atoms with E-state index in [1.165, 1.54) is 19.3 Å². The van der Waals surface area contributed by atoms with Gasteiger partial charge in [0.1, 0.15) is 0 Å². The summed E-state index contributed by atoms with van der Waals surface area (Å²) in [5, 5.41) is 18.5. The summed E-state index contributed by atoms with van der Waals surface area (Å²) in [5.74, 6) is -0.0365. The molecule has 1 amide bonds. The van der Waals surface area contributed by atoms with Gasteiger partial charge < -0.3 is 5.32 Å². The zero-order valence-corrected chi connectivity index (χ0v) is 11.9. The van der Waals surface area contributed by atoms with Gasteiger partial charge in [-0.25, -0.2) is 0 Å². The average Bonchev–Trinajstić information content (AvgIpc) is 2.99. The van der Waals surface area contributed by atoms with E-state index in [1.807, 2.05) is 30.3 Å². The molecule has 0 unspecified atom stereocenters. The molecule has 6 nitrogen and oxygen atoms in total. The number of amides is 1. The highest BCUT2D eigenvalue weighted by Gasteiger charge is 2.38. The molecule has 0 bridgehead atoms. The zero-order chi connectivity index (χ0) is 14.5. The van der Waals surface area contributed by atoms with Crippen molar-refractivity contribution in [3.8, 4) is 0 Å². The van der Waals surface area contributed by atoms with Crippen molar-refractivity contribution >= 4 is 5.91 Å². The first-order valence-corrected chi connectivity index (χ1v) is 7.47. The van der Waals surface area contributed by atoms with Crippen molar-refractivity contribution in [1.82, 2.24) is 5.32 Å². The molecule has 1 aromatic rings. The van der Waals surface area contributed by atoms with Crippen molar-refractivity contribution in [2.45, 2.75) is 50.2 Å². The Balaban J connectivity index is 1.70. The third-order valence-electron chi connectivity index (χ3n) is 4.07. The summed E-state index contributed by atoms with van der Waals surface area (Å²) < 4.78 is 0. The molecule has 1 fully saturated rings. The largest absolute Gasteiger partial charge is 0.353 e. The molecule has 1 N–H and O–H groups in total. The minimum atomic E-state index is -0.986. The van der Waals surface area contributed by atoms with Crippen molar-refractivity contribution in [3.05, 3.63) is 35.9 Å². The Morgan fingerprint density at radius 3 is 2.43 bits per heavy atom. The summed E-state index contributed by atoms with van der Waals surface area (Å²) in [5.41, 5.74) is -0.145. The lowest BCUT2D eigenvalue weighted by Gasteiger charge is -2.25. The molecule has 1 aromatic carbocycles. The lowest BCUT2D eigenvalue weighted by molar-refractivity contribution is -0.123. The van der Waals surface area contributed by atoms with Crippen LogP contribution >= 0.6 is 0 Å². The molecular weight excluding hydrogens is 266 g/mol. The lowest BCUT2D eigenvalue weighted by atomic mass is 9.94.